The molecule has 0 spiro atoms. The SMILES string of the molecule is [2H][12c]1[13cH][13c](C)[13cH][12c]([2H])[12c]1O. The quantitative estimate of drug-likeness (QED) is 0.542. The minimum Gasteiger partial charge on any atom is -0.508 e. The maximum Gasteiger partial charge on any atom is 0.115 e. The summed E-state index contributed by atoms with van der Waals surface area (Å²) in [6.45, 7) is 1.79. The van der Waals surface area contributed by atoms with Gasteiger partial charge in [0.15, 0.2) is 0 Å². The van der Waals surface area contributed by atoms with Gasteiger partial charge in [0.25, 0.3) is 0 Å². The molecular weight excluding hydrogens is 103 g/mol. The summed E-state index contributed by atoms with van der Waals surface area (Å²) >= 11 is 0. The van der Waals surface area contributed by atoms with E-state index in [9.17, 15) is 0 Å². The van der Waals surface area contributed by atoms with Crippen LogP contribution in [-0.2, 0) is 0 Å². The van der Waals surface area contributed by atoms with Gasteiger partial charge in [-0.05, 0) is 19.0 Å². The number of benzene rings is 1. The van der Waals surface area contributed by atoms with Crippen molar-refractivity contribution in [3.63, 3.8) is 0 Å². The third-order valence-electron chi connectivity index (χ3n) is 0.873. The second-order valence-electron chi connectivity index (χ2n) is 1.67. The summed E-state index contributed by atoms with van der Waals surface area (Å²) in [4.78, 5) is 0. The molecule has 0 fully saturated rings. The van der Waals surface area contributed by atoms with Crippen molar-refractivity contribution in [2.75, 3.05) is 0 Å². The first-order valence-corrected chi connectivity index (χ1v) is 2.38. The number of aromatic hydroxyl groups is 1. The van der Waals surface area contributed by atoms with Crippen LogP contribution < -0.4 is 0 Å². The highest BCUT2D eigenvalue weighted by Gasteiger charge is 1.82. The summed E-state index contributed by atoms with van der Waals surface area (Å²) < 4.78 is 14.3. The van der Waals surface area contributed by atoms with Crippen molar-refractivity contribution >= 4 is 0 Å². The van der Waals surface area contributed by atoms with Crippen LogP contribution >= 0.6 is 0 Å². The van der Waals surface area contributed by atoms with Crippen LogP contribution in [0.25, 0.3) is 0 Å². The lowest BCUT2D eigenvalue weighted by atomic mass is 10.6. The van der Waals surface area contributed by atoms with E-state index in [0.717, 1.165) is 5.56 Å². The third kappa shape index (κ3) is 0.997. The fourth-order valence-electron chi connectivity index (χ4n) is 0.448. The molecule has 1 aromatic carbocycles. The summed E-state index contributed by atoms with van der Waals surface area (Å²) in [5.74, 6) is -0.245. The Morgan fingerprint density at radius 3 is 2.50 bits per heavy atom. The summed E-state index contributed by atoms with van der Waals surface area (Å²) in [6, 6.07) is 3.08. The molecule has 0 aliphatic rings. The van der Waals surface area contributed by atoms with Gasteiger partial charge in [-0.2, -0.15) is 0 Å². The van der Waals surface area contributed by atoms with E-state index in [-0.39, 0.29) is 17.8 Å². The van der Waals surface area contributed by atoms with Crippen LogP contribution in [0.3, 0.4) is 0 Å². The summed E-state index contributed by atoms with van der Waals surface area (Å²) in [6.07, 6.45) is 0. The molecule has 0 aliphatic heterocycles. The highest BCUT2D eigenvalue weighted by molar-refractivity contribution is 5.24. The smallest absolute Gasteiger partial charge is 0.115 e. The maximum absolute atomic E-state index is 8.96. The molecule has 0 aliphatic carbocycles. The largest absolute Gasteiger partial charge is 0.508 e. The number of rotatable bonds is 0. The number of phenols is 1. The third-order valence-corrected chi connectivity index (χ3v) is 0.873. The fraction of sp³-hybridized carbons (Fsp3) is 0.143. The van der Waals surface area contributed by atoms with Crippen LogP contribution in [0.1, 0.15) is 8.30 Å². The van der Waals surface area contributed by atoms with Crippen molar-refractivity contribution in [2.45, 2.75) is 6.92 Å². The van der Waals surface area contributed by atoms with E-state index < -0.39 is 0 Å². The second kappa shape index (κ2) is 1.86. The average molecular weight is 113 g/mol. The summed E-state index contributed by atoms with van der Waals surface area (Å²) in [5, 5.41) is 8.96. The van der Waals surface area contributed by atoms with Crippen molar-refractivity contribution in [1.82, 2.24) is 0 Å². The first-order chi connectivity index (χ1) is 4.61. The minimum absolute atomic E-state index is 0.0185. The second-order valence-corrected chi connectivity index (χ2v) is 1.67. The van der Waals surface area contributed by atoms with Crippen LogP contribution in [-0.4, -0.2) is 5.11 Å². The van der Waals surface area contributed by atoms with E-state index in [1.807, 2.05) is 0 Å². The lowest BCUT2D eigenvalue weighted by molar-refractivity contribution is 0.475. The van der Waals surface area contributed by atoms with E-state index in [1.54, 1.807) is 6.92 Å². The first-order valence-electron chi connectivity index (χ1n) is 3.38. The van der Waals surface area contributed by atoms with E-state index >= 15 is 0 Å². The molecule has 0 saturated heterocycles. The van der Waals surface area contributed by atoms with Crippen molar-refractivity contribution in [3.05, 3.63) is 29.8 Å². The van der Waals surface area contributed by atoms with Gasteiger partial charge >= 0.3 is 0 Å². The normalized spacial score (nSPS) is 12.6. The van der Waals surface area contributed by atoms with Gasteiger partial charge in [-0.25, -0.2) is 0 Å². The molecule has 0 atom stereocenters. The number of phenolic OH excluding ortho intramolecular Hbond substituents is 1. The van der Waals surface area contributed by atoms with Crippen LogP contribution in [0.15, 0.2) is 24.2 Å². The molecule has 8 heavy (non-hydrogen) atoms. The Bertz CT molecular complexity index is 235. The molecule has 0 radical (unpaired) electrons. The van der Waals surface area contributed by atoms with Crippen molar-refractivity contribution in [1.29, 1.82) is 0 Å². The van der Waals surface area contributed by atoms with Gasteiger partial charge in [-0.1, -0.05) is 17.7 Å². The monoisotopic (exact) mass is 113 g/mol. The Morgan fingerprint density at radius 1 is 1.50 bits per heavy atom. The fourth-order valence-corrected chi connectivity index (χ4v) is 0.448. The molecule has 0 amide bonds. The van der Waals surface area contributed by atoms with Crippen LogP contribution in [0, 0.1) is 6.92 Å². The van der Waals surface area contributed by atoms with Crippen LogP contribution in [0.5, 0.6) is 5.75 Å². The minimum atomic E-state index is -0.245. The van der Waals surface area contributed by atoms with Crippen molar-refractivity contribution in [2.24, 2.45) is 0 Å². The van der Waals surface area contributed by atoms with Gasteiger partial charge < -0.3 is 5.11 Å². The molecule has 0 saturated carbocycles. The van der Waals surface area contributed by atoms with Gasteiger partial charge in [0.2, 0.25) is 0 Å². The molecule has 1 heteroatoms. The molecule has 0 aromatic heterocycles. The topological polar surface area (TPSA) is 20.2 Å². The molecule has 1 nitrogen and oxygen atoms in total. The molecule has 42 valence electrons. The molecule has 1 aromatic rings. The maximum atomic E-state index is 8.96. The zero-order valence-corrected chi connectivity index (χ0v) is 4.60. The van der Waals surface area contributed by atoms with Gasteiger partial charge in [0.1, 0.15) is 5.75 Å². The van der Waals surface area contributed by atoms with Gasteiger partial charge in [0.05, 0.1) is 2.74 Å². The first kappa shape index (κ1) is 3.13. The predicted molar refractivity (Wildman–Crippen MR) is 32.8 cm³/mol. The highest BCUT2D eigenvalue weighted by atomic mass is 16.3. The number of hydrogen-bond acceptors (Lipinski definition) is 1. The Morgan fingerprint density at radius 2 is 2.00 bits per heavy atom. The summed E-state index contributed by atoms with van der Waals surface area (Å²) in [7, 11) is 0. The lowest BCUT2D eigenvalue weighted by Crippen LogP contribution is -1.66. The van der Waals surface area contributed by atoms with Gasteiger partial charge in [0, 0.05) is 0 Å². The Kier molecular flexibility index (Phi) is 0.729. The van der Waals surface area contributed by atoms with Crippen molar-refractivity contribution < 1.29 is 7.85 Å². The molecule has 0 heterocycles. The number of hydrogen-bond donors (Lipinski definition) is 1. The summed E-state index contributed by atoms with van der Waals surface area (Å²) in [5.41, 5.74) is 0.827. The van der Waals surface area contributed by atoms with Crippen LogP contribution in [0.4, 0.5) is 0 Å². The van der Waals surface area contributed by atoms with Crippen molar-refractivity contribution in [3.8, 4) is 5.75 Å². The van der Waals surface area contributed by atoms with Gasteiger partial charge in [-0.3, -0.25) is 0 Å². The Balaban J connectivity index is 3.31. The van der Waals surface area contributed by atoms with E-state index in [0.29, 0.717) is 0 Å². The zero-order valence-electron chi connectivity index (χ0n) is 6.60. The molecule has 0 bridgehead atoms. The highest BCUT2D eigenvalue weighted by Crippen LogP contribution is 2.07. The Labute approximate surface area is 51.4 Å². The molecular formula is C7H8O. The standard InChI is InChI=1S/C7H8O/c1-6-2-4-7(8)5-3-6/h2-5,8H,1H3/i2+1,3+1,4+0D,5+0D,6+1,7+0. The number of aryl methyl sites for hydroxylation is 1. The molecule has 1 rings (SSSR count). The van der Waals surface area contributed by atoms with E-state index in [1.165, 1.54) is 12.1 Å². The Hall–Kier alpha value is -0.980. The predicted octanol–water partition coefficient (Wildman–Crippen LogP) is 1.70. The van der Waals surface area contributed by atoms with Crippen LogP contribution in [0.2, 0.25) is 0 Å². The zero-order chi connectivity index (χ0) is 7.72. The lowest BCUT2D eigenvalue weighted by Gasteiger charge is -1.89. The average Bonchev–Trinajstić information content (AvgIpc) is 1.82. The van der Waals surface area contributed by atoms with E-state index in [2.05, 4.69) is 0 Å². The molecule has 0 unspecified atom stereocenters. The molecule has 1 N–H and O–H groups in total. The van der Waals surface area contributed by atoms with Gasteiger partial charge in [-0.15, -0.1) is 0 Å². The van der Waals surface area contributed by atoms with E-state index in [4.69, 9.17) is 7.85 Å².